The summed E-state index contributed by atoms with van der Waals surface area (Å²) in [5.74, 6) is 1.78. The van der Waals surface area contributed by atoms with Crippen molar-refractivity contribution in [3.8, 4) is 5.75 Å². The van der Waals surface area contributed by atoms with Crippen molar-refractivity contribution >= 4 is 5.96 Å². The molecule has 0 radical (unpaired) electrons. The number of aromatic amines is 1. The molecule has 25 heavy (non-hydrogen) atoms. The monoisotopic (exact) mass is 343 g/mol. The summed E-state index contributed by atoms with van der Waals surface area (Å²) < 4.78 is 5.68. The van der Waals surface area contributed by atoms with E-state index in [-0.39, 0.29) is 0 Å². The van der Waals surface area contributed by atoms with E-state index in [2.05, 4.69) is 39.7 Å². The summed E-state index contributed by atoms with van der Waals surface area (Å²) in [5.41, 5.74) is 2.43. The van der Waals surface area contributed by atoms with Crippen molar-refractivity contribution in [2.24, 2.45) is 4.99 Å². The van der Waals surface area contributed by atoms with E-state index in [0.717, 1.165) is 56.3 Å². The minimum atomic E-state index is 0.673. The van der Waals surface area contributed by atoms with Gasteiger partial charge in [-0.15, -0.1) is 0 Å². The van der Waals surface area contributed by atoms with Gasteiger partial charge in [0, 0.05) is 31.7 Å². The number of ether oxygens (including phenoxy) is 1. The van der Waals surface area contributed by atoms with E-state index in [4.69, 9.17) is 4.74 Å². The molecule has 6 heteroatoms. The van der Waals surface area contributed by atoms with Crippen LogP contribution in [0.2, 0.25) is 0 Å². The fourth-order valence-electron chi connectivity index (χ4n) is 2.42. The third-order valence-electron chi connectivity index (χ3n) is 3.78. The van der Waals surface area contributed by atoms with Crippen LogP contribution in [-0.2, 0) is 6.42 Å². The maximum Gasteiger partial charge on any atom is 0.191 e. The van der Waals surface area contributed by atoms with Gasteiger partial charge in [0.25, 0.3) is 0 Å². The van der Waals surface area contributed by atoms with Gasteiger partial charge in [0.15, 0.2) is 5.96 Å². The van der Waals surface area contributed by atoms with Gasteiger partial charge in [-0.05, 0) is 44.4 Å². The van der Waals surface area contributed by atoms with Crippen LogP contribution in [-0.4, -0.2) is 42.4 Å². The highest BCUT2D eigenvalue weighted by molar-refractivity contribution is 5.79. The summed E-state index contributed by atoms with van der Waals surface area (Å²) in [6.45, 7) is 7.28. The summed E-state index contributed by atoms with van der Waals surface area (Å²) in [7, 11) is 0. The number of hydrogen-bond acceptors (Lipinski definition) is 3. The quantitative estimate of drug-likeness (QED) is 0.352. The summed E-state index contributed by atoms with van der Waals surface area (Å²) in [5, 5.41) is 13.7. The molecule has 0 fully saturated rings. The van der Waals surface area contributed by atoms with Gasteiger partial charge in [-0.3, -0.25) is 10.1 Å². The number of aryl methyl sites for hydroxylation is 2. The third kappa shape index (κ3) is 7.28. The van der Waals surface area contributed by atoms with Crippen molar-refractivity contribution in [3.63, 3.8) is 0 Å². The van der Waals surface area contributed by atoms with Crippen LogP contribution in [0.4, 0.5) is 0 Å². The Hall–Kier alpha value is -2.50. The number of hydrogen-bond donors (Lipinski definition) is 3. The third-order valence-corrected chi connectivity index (χ3v) is 3.78. The Morgan fingerprint density at radius 1 is 1.20 bits per heavy atom. The molecule has 0 aliphatic heterocycles. The SMILES string of the molecule is CCNC(=NCCCOc1ccccc1)NCCCc1cn[nH]c1C. The van der Waals surface area contributed by atoms with E-state index in [9.17, 15) is 0 Å². The lowest BCUT2D eigenvalue weighted by molar-refractivity contribution is 0.313. The molecule has 0 atom stereocenters. The lowest BCUT2D eigenvalue weighted by Crippen LogP contribution is -2.38. The van der Waals surface area contributed by atoms with Crippen molar-refractivity contribution in [1.29, 1.82) is 0 Å². The standard InChI is InChI=1S/C19H29N5O/c1-3-20-19(21-12-7-9-17-15-23-24-16(17)2)22-13-8-14-25-18-10-5-4-6-11-18/h4-6,10-11,15H,3,7-9,12-14H2,1-2H3,(H,23,24)(H2,20,21,22). The fourth-order valence-corrected chi connectivity index (χ4v) is 2.42. The summed E-state index contributed by atoms with van der Waals surface area (Å²) in [4.78, 5) is 4.59. The van der Waals surface area contributed by atoms with Gasteiger partial charge in [0.1, 0.15) is 5.75 Å². The Bertz CT molecular complexity index is 624. The minimum absolute atomic E-state index is 0.673. The van der Waals surface area contributed by atoms with Crippen LogP contribution >= 0.6 is 0 Å². The fraction of sp³-hybridized carbons (Fsp3) is 0.474. The Labute approximate surface area is 150 Å². The van der Waals surface area contributed by atoms with E-state index in [1.54, 1.807) is 0 Å². The number of aromatic nitrogens is 2. The molecule has 1 aromatic heterocycles. The van der Waals surface area contributed by atoms with Gasteiger partial charge in [0.2, 0.25) is 0 Å². The van der Waals surface area contributed by atoms with Crippen molar-refractivity contribution in [1.82, 2.24) is 20.8 Å². The molecular formula is C19H29N5O. The smallest absolute Gasteiger partial charge is 0.191 e. The van der Waals surface area contributed by atoms with Crippen LogP contribution in [0.3, 0.4) is 0 Å². The van der Waals surface area contributed by atoms with Gasteiger partial charge >= 0.3 is 0 Å². The van der Waals surface area contributed by atoms with Crippen LogP contribution in [0.25, 0.3) is 0 Å². The zero-order valence-corrected chi connectivity index (χ0v) is 15.2. The van der Waals surface area contributed by atoms with E-state index >= 15 is 0 Å². The Balaban J connectivity index is 1.62. The predicted octanol–water partition coefficient (Wildman–Crippen LogP) is 2.67. The zero-order chi connectivity index (χ0) is 17.7. The van der Waals surface area contributed by atoms with Crippen LogP contribution in [0, 0.1) is 6.92 Å². The Morgan fingerprint density at radius 2 is 2.04 bits per heavy atom. The van der Waals surface area contributed by atoms with Gasteiger partial charge in [-0.25, -0.2) is 0 Å². The molecule has 0 saturated carbocycles. The first-order valence-corrected chi connectivity index (χ1v) is 8.98. The second-order valence-electron chi connectivity index (χ2n) is 5.83. The molecule has 1 heterocycles. The summed E-state index contributed by atoms with van der Waals surface area (Å²) in [6.07, 6.45) is 4.85. The van der Waals surface area contributed by atoms with Crippen molar-refractivity contribution in [2.75, 3.05) is 26.2 Å². The highest BCUT2D eigenvalue weighted by Crippen LogP contribution is 2.08. The number of benzene rings is 1. The zero-order valence-electron chi connectivity index (χ0n) is 15.2. The first-order valence-electron chi connectivity index (χ1n) is 8.98. The molecule has 0 bridgehead atoms. The molecule has 0 unspecified atom stereocenters. The highest BCUT2D eigenvalue weighted by atomic mass is 16.5. The highest BCUT2D eigenvalue weighted by Gasteiger charge is 2.01. The molecule has 3 N–H and O–H groups in total. The molecule has 0 aliphatic rings. The normalized spacial score (nSPS) is 11.4. The van der Waals surface area contributed by atoms with Crippen LogP contribution < -0.4 is 15.4 Å². The molecule has 0 aliphatic carbocycles. The molecule has 6 nitrogen and oxygen atoms in total. The number of guanidine groups is 1. The van der Waals surface area contributed by atoms with Gasteiger partial charge in [-0.2, -0.15) is 5.10 Å². The van der Waals surface area contributed by atoms with Crippen LogP contribution in [0.15, 0.2) is 41.5 Å². The maximum atomic E-state index is 5.68. The van der Waals surface area contributed by atoms with E-state index in [1.165, 1.54) is 5.56 Å². The van der Waals surface area contributed by atoms with Crippen molar-refractivity contribution in [3.05, 3.63) is 47.8 Å². The minimum Gasteiger partial charge on any atom is -0.494 e. The van der Waals surface area contributed by atoms with Crippen molar-refractivity contribution in [2.45, 2.75) is 33.1 Å². The number of nitrogens with one attached hydrogen (secondary N) is 3. The number of aliphatic imine (C=N–C) groups is 1. The molecule has 0 amide bonds. The lowest BCUT2D eigenvalue weighted by atomic mass is 10.1. The molecule has 2 aromatic rings. The first kappa shape index (κ1) is 18.8. The lowest BCUT2D eigenvalue weighted by Gasteiger charge is -2.11. The van der Waals surface area contributed by atoms with Crippen LogP contribution in [0.1, 0.15) is 31.0 Å². The number of para-hydroxylation sites is 1. The van der Waals surface area contributed by atoms with E-state index in [0.29, 0.717) is 6.61 Å². The van der Waals surface area contributed by atoms with Gasteiger partial charge in [0.05, 0.1) is 12.8 Å². The summed E-state index contributed by atoms with van der Waals surface area (Å²) >= 11 is 0. The maximum absolute atomic E-state index is 5.68. The average molecular weight is 343 g/mol. The van der Waals surface area contributed by atoms with E-state index in [1.807, 2.05) is 36.5 Å². The second-order valence-corrected chi connectivity index (χ2v) is 5.83. The summed E-state index contributed by atoms with van der Waals surface area (Å²) in [6, 6.07) is 9.88. The first-order chi connectivity index (χ1) is 12.3. The van der Waals surface area contributed by atoms with Crippen molar-refractivity contribution < 1.29 is 4.74 Å². The molecule has 1 aromatic carbocycles. The Kier molecular flexibility index (Phi) is 8.38. The molecular weight excluding hydrogens is 314 g/mol. The van der Waals surface area contributed by atoms with Gasteiger partial charge < -0.3 is 15.4 Å². The Morgan fingerprint density at radius 3 is 2.76 bits per heavy atom. The molecule has 2 rings (SSSR count). The largest absolute Gasteiger partial charge is 0.494 e. The number of H-pyrrole nitrogens is 1. The average Bonchev–Trinajstić information content (AvgIpc) is 3.04. The van der Waals surface area contributed by atoms with E-state index < -0.39 is 0 Å². The van der Waals surface area contributed by atoms with Crippen LogP contribution in [0.5, 0.6) is 5.75 Å². The molecule has 0 spiro atoms. The predicted molar refractivity (Wildman–Crippen MR) is 102 cm³/mol. The molecule has 136 valence electrons. The second kappa shape index (κ2) is 11.1. The number of nitrogens with zero attached hydrogens (tertiary/aromatic N) is 2. The number of rotatable bonds is 10. The topological polar surface area (TPSA) is 74.3 Å². The van der Waals surface area contributed by atoms with Gasteiger partial charge in [-0.1, -0.05) is 18.2 Å². The molecule has 0 saturated heterocycles.